The van der Waals surface area contributed by atoms with Gasteiger partial charge in [0.15, 0.2) is 5.82 Å². The van der Waals surface area contributed by atoms with E-state index in [9.17, 15) is 9.59 Å². The molecule has 4 fully saturated rings. The van der Waals surface area contributed by atoms with Gasteiger partial charge in [0.25, 0.3) is 5.56 Å². The third-order valence-electron chi connectivity index (χ3n) is 10.0. The van der Waals surface area contributed by atoms with E-state index in [0.717, 1.165) is 42.3 Å². The van der Waals surface area contributed by atoms with E-state index in [0.29, 0.717) is 31.0 Å². The number of hydrogen-bond donors (Lipinski definition) is 1. The standard InChI is InChI=1S/C31H44N4O3/c1-2-7-24-18-25(12-13-34(24)26-15-21-8-3-4-9-22(14-21)16-26)35-28-11-6-5-10-27(28)32-30(31(35)38)33-19-23(20-33)17-29(36)37/h5-6,10-11,21-26H,2-4,7-9,12-20H2,1H3,(H,36,37)/t21-,22+,24-,25-,26?/m1/s1. The van der Waals surface area contributed by atoms with Gasteiger partial charge in [-0.15, -0.1) is 0 Å². The summed E-state index contributed by atoms with van der Waals surface area (Å²) in [6, 6.07) is 9.45. The van der Waals surface area contributed by atoms with Gasteiger partial charge in [-0.2, -0.15) is 0 Å². The van der Waals surface area contributed by atoms with Gasteiger partial charge in [0.2, 0.25) is 0 Å². The van der Waals surface area contributed by atoms with E-state index in [1.54, 1.807) is 0 Å². The molecule has 2 aromatic rings. The Labute approximate surface area is 226 Å². The van der Waals surface area contributed by atoms with Gasteiger partial charge in [0, 0.05) is 43.7 Å². The summed E-state index contributed by atoms with van der Waals surface area (Å²) in [5.74, 6) is 1.64. The molecule has 3 heterocycles. The molecule has 206 valence electrons. The van der Waals surface area contributed by atoms with Crippen LogP contribution >= 0.6 is 0 Å². The predicted octanol–water partition coefficient (Wildman–Crippen LogP) is 5.47. The SMILES string of the molecule is CCC[C@@H]1C[C@H](n2c(=O)c(N3CC(CC(=O)O)C3)nc3ccccc32)CCN1C1C[C@H]2CCCC[C@@H](C1)C2. The molecule has 2 saturated heterocycles. The van der Waals surface area contributed by atoms with Gasteiger partial charge in [-0.1, -0.05) is 51.2 Å². The molecule has 6 rings (SSSR count). The van der Waals surface area contributed by atoms with Crippen molar-refractivity contribution in [3.63, 3.8) is 0 Å². The molecule has 2 aliphatic heterocycles. The van der Waals surface area contributed by atoms with Crippen LogP contribution in [0.5, 0.6) is 0 Å². The van der Waals surface area contributed by atoms with E-state index in [-0.39, 0.29) is 23.9 Å². The number of carboxylic acids is 1. The van der Waals surface area contributed by atoms with Crippen molar-refractivity contribution in [2.24, 2.45) is 17.8 Å². The average Bonchev–Trinajstić information content (AvgIpc) is 3.05. The number of carboxylic acid groups (broad SMARTS) is 1. The zero-order chi connectivity index (χ0) is 26.2. The number of likely N-dealkylation sites (tertiary alicyclic amines) is 1. The molecule has 4 aliphatic rings. The Bertz CT molecular complexity index is 1190. The molecular formula is C31H44N4O3. The number of anilines is 1. The lowest BCUT2D eigenvalue weighted by atomic mass is 9.76. The van der Waals surface area contributed by atoms with E-state index in [2.05, 4.69) is 16.4 Å². The number of fused-ring (bicyclic) bond motifs is 3. The highest BCUT2D eigenvalue weighted by atomic mass is 16.4. The van der Waals surface area contributed by atoms with E-state index in [4.69, 9.17) is 10.1 Å². The minimum absolute atomic E-state index is 0.00476. The summed E-state index contributed by atoms with van der Waals surface area (Å²) in [5.41, 5.74) is 1.78. The van der Waals surface area contributed by atoms with Crippen LogP contribution in [0.15, 0.2) is 29.1 Å². The van der Waals surface area contributed by atoms with E-state index >= 15 is 0 Å². The Morgan fingerprint density at radius 2 is 1.74 bits per heavy atom. The first-order chi connectivity index (χ1) is 18.5. The fourth-order valence-corrected chi connectivity index (χ4v) is 8.35. The topological polar surface area (TPSA) is 78.7 Å². The van der Waals surface area contributed by atoms with Crippen molar-refractivity contribution in [1.82, 2.24) is 14.5 Å². The largest absolute Gasteiger partial charge is 0.481 e. The normalized spacial score (nSPS) is 30.7. The molecule has 0 spiro atoms. The number of carbonyl (C=O) groups is 1. The smallest absolute Gasteiger partial charge is 0.303 e. The zero-order valence-corrected chi connectivity index (χ0v) is 22.9. The quantitative estimate of drug-likeness (QED) is 0.521. The molecule has 0 radical (unpaired) electrons. The van der Waals surface area contributed by atoms with E-state index in [1.165, 1.54) is 57.8 Å². The van der Waals surface area contributed by atoms with Crippen LogP contribution in [0, 0.1) is 17.8 Å². The van der Waals surface area contributed by atoms with Crippen LogP contribution in [0.3, 0.4) is 0 Å². The Morgan fingerprint density at radius 1 is 1.00 bits per heavy atom. The van der Waals surface area contributed by atoms with Crippen molar-refractivity contribution in [2.45, 2.75) is 102 Å². The molecule has 1 unspecified atom stereocenters. The zero-order valence-electron chi connectivity index (χ0n) is 22.9. The van der Waals surface area contributed by atoms with E-state index in [1.807, 2.05) is 29.2 Å². The fourth-order valence-electron chi connectivity index (χ4n) is 8.35. The highest BCUT2D eigenvalue weighted by Crippen LogP contribution is 2.43. The summed E-state index contributed by atoms with van der Waals surface area (Å²) in [5, 5.41) is 9.16. The monoisotopic (exact) mass is 520 g/mol. The number of nitrogens with zero attached hydrogens (tertiary/aromatic N) is 4. The molecule has 38 heavy (non-hydrogen) atoms. The lowest BCUT2D eigenvalue weighted by molar-refractivity contribution is -0.138. The molecule has 2 aliphatic carbocycles. The van der Waals surface area contributed by atoms with Gasteiger partial charge in [0.1, 0.15) is 0 Å². The molecule has 7 heteroatoms. The number of aliphatic carboxylic acids is 1. The molecule has 1 N–H and O–H groups in total. The van der Waals surface area contributed by atoms with Gasteiger partial charge in [-0.25, -0.2) is 4.98 Å². The van der Waals surface area contributed by atoms with Gasteiger partial charge in [-0.05, 0) is 62.5 Å². The molecule has 1 aromatic heterocycles. The molecule has 2 saturated carbocycles. The first-order valence-electron chi connectivity index (χ1n) is 15.2. The van der Waals surface area contributed by atoms with Crippen molar-refractivity contribution >= 4 is 22.8 Å². The van der Waals surface area contributed by atoms with Crippen LogP contribution in [-0.2, 0) is 4.79 Å². The molecule has 5 atom stereocenters. The summed E-state index contributed by atoms with van der Waals surface area (Å²) in [4.78, 5) is 34.8. The van der Waals surface area contributed by atoms with Gasteiger partial charge < -0.3 is 14.6 Å². The van der Waals surface area contributed by atoms with Crippen LogP contribution < -0.4 is 10.5 Å². The molecule has 1 aromatic carbocycles. The molecule has 2 bridgehead atoms. The lowest BCUT2D eigenvalue weighted by Crippen LogP contribution is -2.53. The Morgan fingerprint density at radius 3 is 2.45 bits per heavy atom. The summed E-state index contributed by atoms with van der Waals surface area (Å²) in [6.07, 6.45) is 14.4. The first-order valence-corrected chi connectivity index (χ1v) is 15.2. The van der Waals surface area contributed by atoms with Crippen LogP contribution in [-0.4, -0.2) is 57.2 Å². The number of aromatic nitrogens is 2. The summed E-state index contributed by atoms with van der Waals surface area (Å²) < 4.78 is 2.06. The maximum atomic E-state index is 14.0. The van der Waals surface area contributed by atoms with Crippen LogP contribution in [0.4, 0.5) is 5.82 Å². The summed E-state index contributed by atoms with van der Waals surface area (Å²) in [7, 11) is 0. The minimum Gasteiger partial charge on any atom is -0.481 e. The minimum atomic E-state index is -0.774. The number of hydrogen-bond acceptors (Lipinski definition) is 5. The average molecular weight is 521 g/mol. The van der Waals surface area contributed by atoms with E-state index < -0.39 is 5.97 Å². The van der Waals surface area contributed by atoms with Gasteiger partial charge >= 0.3 is 5.97 Å². The number of rotatable bonds is 7. The highest BCUT2D eigenvalue weighted by molar-refractivity contribution is 5.77. The Hall–Kier alpha value is -2.41. The molecular weight excluding hydrogens is 476 g/mol. The van der Waals surface area contributed by atoms with Crippen molar-refractivity contribution in [3.05, 3.63) is 34.6 Å². The van der Waals surface area contributed by atoms with Crippen LogP contribution in [0.2, 0.25) is 0 Å². The van der Waals surface area contributed by atoms with Crippen LogP contribution in [0.25, 0.3) is 11.0 Å². The van der Waals surface area contributed by atoms with Crippen molar-refractivity contribution in [2.75, 3.05) is 24.5 Å². The van der Waals surface area contributed by atoms with Crippen LogP contribution in [0.1, 0.15) is 90.0 Å². The second kappa shape index (κ2) is 11.0. The van der Waals surface area contributed by atoms with Gasteiger partial charge in [0.05, 0.1) is 17.5 Å². The summed E-state index contributed by atoms with van der Waals surface area (Å²) >= 11 is 0. The third kappa shape index (κ3) is 5.11. The Balaban J connectivity index is 1.26. The maximum Gasteiger partial charge on any atom is 0.303 e. The van der Waals surface area contributed by atoms with Crippen molar-refractivity contribution in [1.29, 1.82) is 0 Å². The second-order valence-corrected chi connectivity index (χ2v) is 12.7. The first kappa shape index (κ1) is 25.8. The maximum absolute atomic E-state index is 14.0. The lowest BCUT2D eigenvalue weighted by Gasteiger charge is -2.48. The number of benzene rings is 1. The number of piperidine rings is 1. The summed E-state index contributed by atoms with van der Waals surface area (Å²) in [6.45, 7) is 4.55. The molecule has 0 amide bonds. The molecule has 7 nitrogen and oxygen atoms in total. The number of para-hydroxylation sites is 2. The predicted molar refractivity (Wildman–Crippen MR) is 151 cm³/mol. The van der Waals surface area contributed by atoms with Gasteiger partial charge in [-0.3, -0.25) is 14.5 Å². The third-order valence-corrected chi connectivity index (χ3v) is 10.0. The Kier molecular flexibility index (Phi) is 7.48. The second-order valence-electron chi connectivity index (χ2n) is 12.7. The van der Waals surface area contributed by atoms with Crippen molar-refractivity contribution in [3.8, 4) is 0 Å². The fraction of sp³-hybridized carbons (Fsp3) is 0.710. The highest BCUT2D eigenvalue weighted by Gasteiger charge is 2.40. The van der Waals surface area contributed by atoms with Crippen molar-refractivity contribution < 1.29 is 9.90 Å².